The number of aromatic nitrogens is 3. The maximum atomic E-state index is 5.54. The first-order chi connectivity index (χ1) is 11.0. The molecule has 2 aromatic rings. The molecule has 0 radical (unpaired) electrons. The van der Waals surface area contributed by atoms with Gasteiger partial charge in [0.25, 0.3) is 0 Å². The van der Waals surface area contributed by atoms with Crippen molar-refractivity contribution in [1.29, 1.82) is 0 Å². The van der Waals surface area contributed by atoms with E-state index >= 15 is 0 Å². The highest BCUT2D eigenvalue weighted by Crippen LogP contribution is 2.07. The van der Waals surface area contributed by atoms with Crippen molar-refractivity contribution in [3.05, 3.63) is 34.8 Å². The van der Waals surface area contributed by atoms with Crippen molar-refractivity contribution in [2.45, 2.75) is 47.2 Å². The average Bonchev–Trinajstić information content (AvgIpc) is 3.00. The molecular weight excluding hydrogens is 292 g/mol. The minimum absolute atomic E-state index is 0.520. The summed E-state index contributed by atoms with van der Waals surface area (Å²) in [6.07, 6.45) is 0.972. The van der Waals surface area contributed by atoms with Crippen LogP contribution in [-0.2, 0) is 13.1 Å². The fraction of sp³-hybridized carbons (Fsp3) is 0.562. The second-order valence-corrected chi connectivity index (χ2v) is 5.61. The molecule has 2 N–H and O–H groups in total. The van der Waals surface area contributed by atoms with E-state index in [0.717, 1.165) is 42.6 Å². The molecule has 0 aliphatic heterocycles. The van der Waals surface area contributed by atoms with Gasteiger partial charge in [0.05, 0.1) is 17.9 Å². The fourth-order valence-corrected chi connectivity index (χ4v) is 2.33. The molecule has 0 fully saturated rings. The Morgan fingerprint density at radius 3 is 2.61 bits per heavy atom. The molecule has 0 spiro atoms. The van der Waals surface area contributed by atoms with Crippen molar-refractivity contribution in [3.8, 4) is 0 Å². The largest absolute Gasteiger partial charge is 0.444 e. The van der Waals surface area contributed by atoms with Crippen LogP contribution in [0.4, 0.5) is 0 Å². The van der Waals surface area contributed by atoms with E-state index in [1.165, 1.54) is 5.69 Å². The van der Waals surface area contributed by atoms with E-state index in [1.807, 2.05) is 25.5 Å². The van der Waals surface area contributed by atoms with E-state index in [0.29, 0.717) is 12.4 Å². The number of oxazole rings is 1. The predicted octanol–water partition coefficient (Wildman–Crippen LogP) is 1.86. The third-order valence-corrected chi connectivity index (χ3v) is 3.65. The molecule has 126 valence electrons. The van der Waals surface area contributed by atoms with Gasteiger partial charge >= 0.3 is 0 Å². The maximum absolute atomic E-state index is 5.54. The third kappa shape index (κ3) is 4.84. The van der Waals surface area contributed by atoms with Gasteiger partial charge in [-0.2, -0.15) is 5.10 Å². The lowest BCUT2D eigenvalue weighted by molar-refractivity contribution is 0.463. The summed E-state index contributed by atoms with van der Waals surface area (Å²) in [7, 11) is 1.75. The van der Waals surface area contributed by atoms with Gasteiger partial charge < -0.3 is 15.1 Å². The molecular formula is C16H26N6O. The second kappa shape index (κ2) is 7.80. The summed E-state index contributed by atoms with van der Waals surface area (Å²) in [6.45, 7) is 10.2. The second-order valence-electron chi connectivity index (χ2n) is 5.61. The van der Waals surface area contributed by atoms with Crippen LogP contribution in [0.1, 0.15) is 35.2 Å². The number of guanidine groups is 1. The van der Waals surface area contributed by atoms with E-state index in [2.05, 4.69) is 38.7 Å². The number of nitrogens with one attached hydrogen (secondary N) is 2. The molecule has 0 saturated heterocycles. The molecule has 7 nitrogen and oxygen atoms in total. The van der Waals surface area contributed by atoms with Crippen LogP contribution in [0.3, 0.4) is 0 Å². The molecule has 0 unspecified atom stereocenters. The normalized spacial score (nSPS) is 11.8. The van der Waals surface area contributed by atoms with Crippen molar-refractivity contribution < 1.29 is 4.42 Å². The Kier molecular flexibility index (Phi) is 5.78. The first kappa shape index (κ1) is 17.1. The Morgan fingerprint density at radius 2 is 2.04 bits per heavy atom. The minimum atomic E-state index is 0.520. The summed E-state index contributed by atoms with van der Waals surface area (Å²) in [6, 6.07) is 2.09. The van der Waals surface area contributed by atoms with Gasteiger partial charge in [-0.3, -0.25) is 9.67 Å². The molecule has 0 aromatic carbocycles. The number of aryl methyl sites for hydroxylation is 5. The summed E-state index contributed by atoms with van der Waals surface area (Å²) in [5, 5.41) is 10.9. The van der Waals surface area contributed by atoms with Crippen molar-refractivity contribution >= 4 is 5.96 Å². The van der Waals surface area contributed by atoms with E-state index in [1.54, 1.807) is 7.05 Å². The number of aliphatic imine (C=N–C) groups is 1. The summed E-state index contributed by atoms with van der Waals surface area (Å²) in [4.78, 5) is 8.54. The molecule has 7 heteroatoms. The lowest BCUT2D eigenvalue weighted by Gasteiger charge is -2.11. The number of hydrogen-bond acceptors (Lipinski definition) is 4. The number of nitrogens with zero attached hydrogens (tertiary/aromatic N) is 4. The van der Waals surface area contributed by atoms with Crippen LogP contribution in [0.15, 0.2) is 15.5 Å². The monoisotopic (exact) mass is 318 g/mol. The Labute approximate surface area is 137 Å². The lowest BCUT2D eigenvalue weighted by atomic mass is 10.4. The number of hydrogen-bond donors (Lipinski definition) is 2. The van der Waals surface area contributed by atoms with Crippen LogP contribution in [0.25, 0.3) is 0 Å². The fourth-order valence-electron chi connectivity index (χ4n) is 2.33. The highest BCUT2D eigenvalue weighted by atomic mass is 16.4. The van der Waals surface area contributed by atoms with Gasteiger partial charge in [-0.05, 0) is 40.2 Å². The molecule has 0 bridgehead atoms. The van der Waals surface area contributed by atoms with Gasteiger partial charge in [0.15, 0.2) is 5.96 Å². The first-order valence-electron chi connectivity index (χ1n) is 7.88. The molecule has 2 heterocycles. The van der Waals surface area contributed by atoms with E-state index in [9.17, 15) is 0 Å². The Morgan fingerprint density at radius 1 is 1.26 bits per heavy atom. The Bertz CT molecular complexity index is 651. The van der Waals surface area contributed by atoms with E-state index in [4.69, 9.17) is 4.42 Å². The Balaban J connectivity index is 1.71. The van der Waals surface area contributed by atoms with Gasteiger partial charge in [-0.25, -0.2) is 4.98 Å². The summed E-state index contributed by atoms with van der Waals surface area (Å²) in [5.41, 5.74) is 3.18. The van der Waals surface area contributed by atoms with Crippen LogP contribution >= 0.6 is 0 Å². The van der Waals surface area contributed by atoms with Crippen LogP contribution < -0.4 is 10.6 Å². The Hall–Kier alpha value is -2.31. The standard InChI is InChI=1S/C16H26N6O/c1-11-9-12(2)22(21-11)8-6-7-18-16(17-5)19-10-15-20-13(3)14(4)23-15/h9H,6-8,10H2,1-5H3,(H2,17,18,19). The topological polar surface area (TPSA) is 80.3 Å². The van der Waals surface area contributed by atoms with E-state index < -0.39 is 0 Å². The summed E-state index contributed by atoms with van der Waals surface area (Å²) >= 11 is 0. The highest BCUT2D eigenvalue weighted by Gasteiger charge is 2.06. The predicted molar refractivity (Wildman–Crippen MR) is 90.5 cm³/mol. The maximum Gasteiger partial charge on any atom is 0.214 e. The van der Waals surface area contributed by atoms with E-state index in [-0.39, 0.29) is 0 Å². The van der Waals surface area contributed by atoms with Gasteiger partial charge in [0, 0.05) is 25.8 Å². The summed E-state index contributed by atoms with van der Waals surface area (Å²) in [5.74, 6) is 2.27. The van der Waals surface area contributed by atoms with Crippen LogP contribution in [0.5, 0.6) is 0 Å². The molecule has 0 saturated carbocycles. The molecule has 23 heavy (non-hydrogen) atoms. The number of rotatable bonds is 6. The third-order valence-electron chi connectivity index (χ3n) is 3.65. The molecule has 2 rings (SSSR count). The van der Waals surface area contributed by atoms with Crippen molar-refractivity contribution in [2.75, 3.05) is 13.6 Å². The molecule has 0 atom stereocenters. The van der Waals surface area contributed by atoms with Crippen molar-refractivity contribution in [1.82, 2.24) is 25.4 Å². The quantitative estimate of drug-likeness (QED) is 0.483. The van der Waals surface area contributed by atoms with Crippen molar-refractivity contribution in [3.63, 3.8) is 0 Å². The smallest absolute Gasteiger partial charge is 0.214 e. The zero-order chi connectivity index (χ0) is 16.8. The van der Waals surface area contributed by atoms with Gasteiger partial charge in [-0.1, -0.05) is 0 Å². The van der Waals surface area contributed by atoms with Gasteiger partial charge in [-0.15, -0.1) is 0 Å². The van der Waals surface area contributed by atoms with Crippen LogP contribution in [0, 0.1) is 27.7 Å². The average molecular weight is 318 g/mol. The minimum Gasteiger partial charge on any atom is -0.444 e. The zero-order valence-electron chi connectivity index (χ0n) is 14.6. The van der Waals surface area contributed by atoms with Crippen LogP contribution in [0.2, 0.25) is 0 Å². The summed E-state index contributed by atoms with van der Waals surface area (Å²) < 4.78 is 7.57. The highest BCUT2D eigenvalue weighted by molar-refractivity contribution is 5.79. The molecule has 0 amide bonds. The lowest BCUT2D eigenvalue weighted by Crippen LogP contribution is -2.37. The first-order valence-corrected chi connectivity index (χ1v) is 7.88. The van der Waals surface area contributed by atoms with Gasteiger partial charge in [0.1, 0.15) is 5.76 Å². The zero-order valence-corrected chi connectivity index (χ0v) is 14.6. The van der Waals surface area contributed by atoms with Crippen molar-refractivity contribution in [2.24, 2.45) is 4.99 Å². The SMILES string of the molecule is CN=C(NCCCn1nc(C)cc1C)NCc1nc(C)c(C)o1. The van der Waals surface area contributed by atoms with Crippen LogP contribution in [-0.4, -0.2) is 34.3 Å². The molecule has 0 aliphatic rings. The van der Waals surface area contributed by atoms with Gasteiger partial charge in [0.2, 0.25) is 5.89 Å². The molecule has 0 aliphatic carbocycles. The molecule has 2 aromatic heterocycles.